The van der Waals surface area contributed by atoms with Gasteiger partial charge >= 0.3 is 5.97 Å². The Morgan fingerprint density at radius 1 is 1.08 bits per heavy atom. The van der Waals surface area contributed by atoms with E-state index in [1.54, 1.807) is 0 Å². The zero-order valence-electron chi connectivity index (χ0n) is 14.0. The Bertz CT molecular complexity index is 677. The highest BCUT2D eigenvalue weighted by Crippen LogP contribution is 2.30. The number of hydrogen-bond donors (Lipinski definition) is 0. The highest BCUT2D eigenvalue weighted by molar-refractivity contribution is 5.69. The first kappa shape index (κ1) is 16.5. The maximum absolute atomic E-state index is 11.9. The normalized spacial score (nSPS) is 19.6. The summed E-state index contributed by atoms with van der Waals surface area (Å²) in [5, 5.41) is 0. The van der Waals surface area contributed by atoms with Gasteiger partial charge < -0.3 is 4.74 Å². The number of hydrogen-bond acceptors (Lipinski definition) is 2. The highest BCUT2D eigenvalue weighted by atomic mass is 16.5. The summed E-state index contributed by atoms with van der Waals surface area (Å²) in [4.78, 5) is 11.9. The first-order valence-corrected chi connectivity index (χ1v) is 8.72. The van der Waals surface area contributed by atoms with Crippen molar-refractivity contribution in [3.63, 3.8) is 0 Å². The number of rotatable bonds is 6. The van der Waals surface area contributed by atoms with E-state index in [1.807, 2.05) is 30.3 Å². The average Bonchev–Trinajstić information content (AvgIpc) is 2.67. The molecule has 0 aromatic heterocycles. The fraction of sp³-hybridized carbons (Fsp3) is 0.318. The van der Waals surface area contributed by atoms with Gasteiger partial charge in [0.2, 0.25) is 0 Å². The SMILES string of the molecule is O=C(CCC1=CC=C(C2C=CC=CC2)CC1)OCc1ccccc1. The van der Waals surface area contributed by atoms with Crippen LogP contribution in [0.5, 0.6) is 0 Å². The maximum Gasteiger partial charge on any atom is 0.306 e. The van der Waals surface area contributed by atoms with Gasteiger partial charge in [-0.2, -0.15) is 0 Å². The van der Waals surface area contributed by atoms with Gasteiger partial charge in [0.1, 0.15) is 6.61 Å². The molecule has 0 aliphatic heterocycles. The molecule has 3 rings (SSSR count). The van der Waals surface area contributed by atoms with Gasteiger partial charge in [-0.15, -0.1) is 0 Å². The van der Waals surface area contributed by atoms with Crippen LogP contribution in [0.3, 0.4) is 0 Å². The van der Waals surface area contributed by atoms with Crippen LogP contribution in [0, 0.1) is 5.92 Å². The maximum atomic E-state index is 11.9. The molecule has 2 aliphatic carbocycles. The predicted octanol–water partition coefficient (Wildman–Crippen LogP) is 5.29. The lowest BCUT2D eigenvalue weighted by Gasteiger charge is -2.21. The van der Waals surface area contributed by atoms with E-state index in [1.165, 1.54) is 11.1 Å². The highest BCUT2D eigenvalue weighted by Gasteiger charge is 2.15. The molecule has 0 saturated carbocycles. The average molecular weight is 320 g/mol. The quantitative estimate of drug-likeness (QED) is 0.666. The number of allylic oxidation sites excluding steroid dienone is 8. The number of benzene rings is 1. The molecular weight excluding hydrogens is 296 g/mol. The van der Waals surface area contributed by atoms with Crippen molar-refractivity contribution in [2.75, 3.05) is 0 Å². The first-order valence-electron chi connectivity index (χ1n) is 8.72. The van der Waals surface area contributed by atoms with Crippen LogP contribution in [0.25, 0.3) is 0 Å². The standard InChI is InChI=1S/C22H24O2/c23-22(24-17-19-7-3-1-4-8-19)16-13-18-11-14-21(15-12-18)20-9-5-2-6-10-20/h1-9,11,14,20H,10,12-13,15-17H2. The molecular formula is C22H24O2. The molecule has 0 amide bonds. The van der Waals surface area contributed by atoms with Crippen molar-refractivity contribution >= 4 is 5.97 Å². The van der Waals surface area contributed by atoms with Crippen LogP contribution >= 0.6 is 0 Å². The molecule has 0 heterocycles. The number of ether oxygens (including phenoxy) is 1. The van der Waals surface area contributed by atoms with Gasteiger partial charge in [-0.1, -0.05) is 77.9 Å². The fourth-order valence-corrected chi connectivity index (χ4v) is 3.14. The molecule has 0 fully saturated rings. The van der Waals surface area contributed by atoms with E-state index in [2.05, 4.69) is 36.5 Å². The van der Waals surface area contributed by atoms with Gasteiger partial charge in [0.15, 0.2) is 0 Å². The zero-order chi connectivity index (χ0) is 16.6. The summed E-state index contributed by atoms with van der Waals surface area (Å²) in [5.74, 6) is 0.443. The molecule has 1 aromatic rings. The van der Waals surface area contributed by atoms with E-state index in [9.17, 15) is 4.79 Å². The molecule has 0 radical (unpaired) electrons. The van der Waals surface area contributed by atoms with Gasteiger partial charge in [-0.05, 0) is 31.2 Å². The van der Waals surface area contributed by atoms with Crippen LogP contribution in [-0.4, -0.2) is 5.97 Å². The van der Waals surface area contributed by atoms with Gasteiger partial charge in [-0.3, -0.25) is 4.79 Å². The topological polar surface area (TPSA) is 26.3 Å². The van der Waals surface area contributed by atoms with Crippen molar-refractivity contribution in [2.45, 2.75) is 38.7 Å². The van der Waals surface area contributed by atoms with E-state index in [4.69, 9.17) is 4.74 Å². The minimum Gasteiger partial charge on any atom is -0.461 e. The summed E-state index contributed by atoms with van der Waals surface area (Å²) in [6, 6.07) is 9.81. The number of carbonyl (C=O) groups is 1. The molecule has 24 heavy (non-hydrogen) atoms. The minimum absolute atomic E-state index is 0.116. The third-order valence-corrected chi connectivity index (χ3v) is 4.62. The molecule has 2 nitrogen and oxygen atoms in total. The van der Waals surface area contributed by atoms with Crippen LogP contribution in [0.1, 0.15) is 37.7 Å². The molecule has 0 saturated heterocycles. The second-order valence-electron chi connectivity index (χ2n) is 6.37. The Labute approximate surface area is 144 Å². The number of carbonyl (C=O) groups excluding carboxylic acids is 1. The number of esters is 1. The van der Waals surface area contributed by atoms with E-state index < -0.39 is 0 Å². The minimum atomic E-state index is -0.116. The zero-order valence-corrected chi connectivity index (χ0v) is 14.0. The van der Waals surface area contributed by atoms with Crippen molar-refractivity contribution in [1.82, 2.24) is 0 Å². The summed E-state index contributed by atoms with van der Waals surface area (Å²) in [7, 11) is 0. The molecule has 2 aliphatic rings. The largest absolute Gasteiger partial charge is 0.461 e. The molecule has 2 heteroatoms. The van der Waals surface area contributed by atoms with Crippen molar-refractivity contribution in [3.05, 3.63) is 83.5 Å². The van der Waals surface area contributed by atoms with Gasteiger partial charge in [-0.25, -0.2) is 0 Å². The Hall–Kier alpha value is -2.35. The lowest BCUT2D eigenvalue weighted by molar-refractivity contribution is -0.144. The second-order valence-corrected chi connectivity index (χ2v) is 6.37. The molecule has 0 bridgehead atoms. The van der Waals surface area contributed by atoms with E-state index in [-0.39, 0.29) is 5.97 Å². The predicted molar refractivity (Wildman–Crippen MR) is 97.3 cm³/mol. The molecule has 0 N–H and O–H groups in total. The Kier molecular flexibility index (Phi) is 5.84. The van der Waals surface area contributed by atoms with Crippen molar-refractivity contribution < 1.29 is 9.53 Å². The summed E-state index contributed by atoms with van der Waals surface area (Å²) < 4.78 is 5.34. The van der Waals surface area contributed by atoms with Crippen molar-refractivity contribution in [3.8, 4) is 0 Å². The van der Waals surface area contributed by atoms with Crippen molar-refractivity contribution in [2.24, 2.45) is 5.92 Å². The third-order valence-electron chi connectivity index (χ3n) is 4.62. The van der Waals surface area contributed by atoms with Crippen LogP contribution in [0.2, 0.25) is 0 Å². The monoisotopic (exact) mass is 320 g/mol. The van der Waals surface area contributed by atoms with Crippen LogP contribution in [0.4, 0.5) is 0 Å². The Morgan fingerprint density at radius 3 is 2.67 bits per heavy atom. The van der Waals surface area contributed by atoms with Gasteiger partial charge in [0.25, 0.3) is 0 Å². The Balaban J connectivity index is 1.42. The summed E-state index contributed by atoms with van der Waals surface area (Å²) in [6.45, 7) is 0.365. The summed E-state index contributed by atoms with van der Waals surface area (Å²) in [6.07, 6.45) is 17.8. The summed E-state index contributed by atoms with van der Waals surface area (Å²) in [5.41, 5.74) is 3.89. The van der Waals surface area contributed by atoms with Crippen LogP contribution in [-0.2, 0) is 16.1 Å². The first-order chi connectivity index (χ1) is 11.8. The fourth-order valence-electron chi connectivity index (χ4n) is 3.14. The van der Waals surface area contributed by atoms with E-state index in [0.29, 0.717) is 18.9 Å². The summed E-state index contributed by atoms with van der Waals surface area (Å²) >= 11 is 0. The smallest absolute Gasteiger partial charge is 0.306 e. The van der Waals surface area contributed by atoms with E-state index in [0.717, 1.165) is 31.2 Å². The van der Waals surface area contributed by atoms with Crippen molar-refractivity contribution in [1.29, 1.82) is 0 Å². The van der Waals surface area contributed by atoms with Crippen LogP contribution < -0.4 is 0 Å². The molecule has 124 valence electrons. The van der Waals surface area contributed by atoms with Crippen LogP contribution in [0.15, 0.2) is 77.9 Å². The lowest BCUT2D eigenvalue weighted by Crippen LogP contribution is -2.07. The third kappa shape index (κ3) is 4.82. The molecule has 1 aromatic carbocycles. The molecule has 1 unspecified atom stereocenters. The Morgan fingerprint density at radius 2 is 1.96 bits per heavy atom. The second kappa shape index (κ2) is 8.49. The van der Waals surface area contributed by atoms with E-state index >= 15 is 0 Å². The van der Waals surface area contributed by atoms with Gasteiger partial charge in [0, 0.05) is 12.3 Å². The molecule has 0 spiro atoms. The molecule has 1 atom stereocenters. The lowest BCUT2D eigenvalue weighted by atomic mass is 9.85. The van der Waals surface area contributed by atoms with Gasteiger partial charge in [0.05, 0.1) is 0 Å².